The molecule has 45 heavy (non-hydrogen) atoms. The molecule has 0 radical (unpaired) electrons. The number of carbonyl (C=O) groups excluding carboxylic acids is 2. The maximum Gasteiger partial charge on any atom is 0.573 e. The summed E-state index contributed by atoms with van der Waals surface area (Å²) in [5.74, 6) is -0.859. The summed E-state index contributed by atoms with van der Waals surface area (Å²) in [4.78, 5) is 37.0. The molecule has 1 N–H and O–H groups in total. The molecule has 1 aliphatic rings. The Labute approximate surface area is 258 Å². The third-order valence-corrected chi connectivity index (χ3v) is 7.18. The van der Waals surface area contributed by atoms with Crippen LogP contribution < -0.4 is 24.6 Å². The molecule has 0 aliphatic carbocycles. The van der Waals surface area contributed by atoms with E-state index in [1.807, 2.05) is 32.0 Å². The number of benzene rings is 3. The van der Waals surface area contributed by atoms with Gasteiger partial charge in [0.05, 0.1) is 29.4 Å². The number of hydrogen-bond donors (Lipinski definition) is 1. The highest BCUT2D eigenvalue weighted by molar-refractivity contribution is 8.15. The smallest absolute Gasteiger partial charge is 0.492 e. The summed E-state index contributed by atoms with van der Waals surface area (Å²) in [5.41, 5.74) is 1.73. The molecule has 16 heteroatoms. The van der Waals surface area contributed by atoms with Gasteiger partial charge in [-0.3, -0.25) is 9.69 Å². The van der Waals surface area contributed by atoms with Crippen LogP contribution in [0.2, 0.25) is 0 Å². The van der Waals surface area contributed by atoms with Crippen molar-refractivity contribution < 1.29 is 36.6 Å². The number of hydrogen-bond acceptors (Lipinski definition) is 8. The van der Waals surface area contributed by atoms with Crippen LogP contribution in [0.5, 0.6) is 11.5 Å². The Hall–Kier alpha value is -5.12. The summed E-state index contributed by atoms with van der Waals surface area (Å²) in [6, 6.07) is 13.3. The number of halogens is 4. The van der Waals surface area contributed by atoms with Gasteiger partial charge in [-0.2, -0.15) is 4.99 Å². The van der Waals surface area contributed by atoms with Gasteiger partial charge in [-0.25, -0.2) is 18.9 Å². The van der Waals surface area contributed by atoms with E-state index in [9.17, 15) is 22.8 Å². The number of amides is 3. The number of aliphatic imine (C=N–C) groups is 1. The Morgan fingerprint density at radius 3 is 2.53 bits per heavy atom. The van der Waals surface area contributed by atoms with Crippen molar-refractivity contribution in [2.45, 2.75) is 13.3 Å². The second-order valence-electron chi connectivity index (χ2n) is 9.57. The summed E-state index contributed by atoms with van der Waals surface area (Å²) in [7, 11) is 3.70. The maximum atomic E-state index is 15.1. The van der Waals surface area contributed by atoms with E-state index in [4.69, 9.17) is 4.74 Å². The Bertz CT molecular complexity index is 1760. The number of carbonyl (C=O) groups is 2. The number of alkyl halides is 3. The first-order chi connectivity index (χ1) is 21.4. The number of aromatic nitrogens is 3. The quantitative estimate of drug-likeness (QED) is 0.229. The lowest BCUT2D eigenvalue weighted by Gasteiger charge is -2.22. The standard InChI is InChI=1S/C29H25F4N7O4S/c1-4-43-24-12-8-19(38(2)3)14-23(24)40-25(41)15-45-28(40)36-27(42)35-22-11-5-17(13-21(22)30)26-34-16-39(37-26)18-6-9-20(10-7-18)44-29(31,32)33/h5-14,16H,4,15H2,1-3H3,(H,35,42). The van der Waals surface area contributed by atoms with E-state index in [1.54, 1.807) is 12.1 Å². The topological polar surface area (TPSA) is 114 Å². The van der Waals surface area contributed by atoms with Crippen LogP contribution in [-0.4, -0.2) is 64.7 Å². The molecule has 1 saturated heterocycles. The highest BCUT2D eigenvalue weighted by Crippen LogP contribution is 2.37. The van der Waals surface area contributed by atoms with Crippen molar-refractivity contribution in [3.05, 3.63) is 72.8 Å². The molecule has 3 amide bonds. The minimum absolute atomic E-state index is 0.0536. The van der Waals surface area contributed by atoms with Gasteiger partial charge in [-0.15, -0.1) is 18.3 Å². The Balaban J connectivity index is 1.31. The SMILES string of the molecule is CCOc1ccc(N(C)C)cc1N1C(=O)CSC1=NC(=O)Nc1ccc(-c2ncn(-c3ccc(OC(F)(F)F)cc3)n2)cc1F. The zero-order chi connectivity index (χ0) is 32.3. The molecular weight excluding hydrogens is 618 g/mol. The monoisotopic (exact) mass is 643 g/mol. The molecule has 2 heterocycles. The lowest BCUT2D eigenvalue weighted by atomic mass is 10.2. The molecule has 5 rings (SSSR count). The van der Waals surface area contributed by atoms with Gasteiger partial charge in [0.15, 0.2) is 11.0 Å². The second-order valence-corrected chi connectivity index (χ2v) is 10.5. The largest absolute Gasteiger partial charge is 0.573 e. The highest BCUT2D eigenvalue weighted by atomic mass is 32.2. The van der Waals surface area contributed by atoms with Crippen LogP contribution in [0.3, 0.4) is 0 Å². The van der Waals surface area contributed by atoms with Gasteiger partial charge in [0, 0.05) is 25.3 Å². The van der Waals surface area contributed by atoms with Crippen LogP contribution in [0.1, 0.15) is 6.92 Å². The number of nitrogens with zero attached hydrogens (tertiary/aromatic N) is 6. The van der Waals surface area contributed by atoms with Crippen molar-refractivity contribution in [3.63, 3.8) is 0 Å². The number of rotatable bonds is 8. The normalized spacial score (nSPS) is 14.2. The molecule has 3 aromatic carbocycles. The summed E-state index contributed by atoms with van der Waals surface area (Å²) >= 11 is 1.07. The fraction of sp³-hybridized carbons (Fsp3) is 0.207. The van der Waals surface area contributed by atoms with Gasteiger partial charge >= 0.3 is 12.4 Å². The third-order valence-electron chi connectivity index (χ3n) is 6.26. The van der Waals surface area contributed by atoms with E-state index in [1.165, 1.54) is 40.2 Å². The fourth-order valence-electron chi connectivity index (χ4n) is 4.22. The first-order valence-electron chi connectivity index (χ1n) is 13.3. The zero-order valence-corrected chi connectivity index (χ0v) is 24.8. The predicted octanol–water partition coefficient (Wildman–Crippen LogP) is 6.10. The van der Waals surface area contributed by atoms with Crippen LogP contribution >= 0.6 is 11.8 Å². The maximum absolute atomic E-state index is 15.1. The number of ether oxygens (including phenoxy) is 2. The molecule has 11 nitrogen and oxygen atoms in total. The number of anilines is 3. The van der Waals surface area contributed by atoms with Crippen molar-refractivity contribution in [1.82, 2.24) is 14.8 Å². The summed E-state index contributed by atoms with van der Waals surface area (Å²) < 4.78 is 63.2. The Kier molecular flexibility index (Phi) is 8.94. The Morgan fingerprint density at radius 2 is 1.87 bits per heavy atom. The van der Waals surface area contributed by atoms with Crippen molar-refractivity contribution >= 4 is 45.9 Å². The van der Waals surface area contributed by atoms with E-state index < -0.39 is 24.0 Å². The molecule has 4 aromatic rings. The van der Waals surface area contributed by atoms with Gasteiger partial charge in [0.1, 0.15) is 23.6 Å². The van der Waals surface area contributed by atoms with Crippen molar-refractivity contribution in [1.29, 1.82) is 0 Å². The lowest BCUT2D eigenvalue weighted by molar-refractivity contribution is -0.274. The number of nitrogens with one attached hydrogen (secondary N) is 1. The number of thioether (sulfide) groups is 1. The molecule has 0 saturated carbocycles. The summed E-state index contributed by atoms with van der Waals surface area (Å²) in [6.07, 6.45) is -3.50. The van der Waals surface area contributed by atoms with E-state index in [-0.39, 0.29) is 33.9 Å². The molecule has 0 atom stereocenters. The zero-order valence-electron chi connectivity index (χ0n) is 24.0. The molecule has 1 aliphatic heterocycles. The first-order valence-corrected chi connectivity index (χ1v) is 14.3. The minimum Gasteiger partial charge on any atom is -0.492 e. The van der Waals surface area contributed by atoms with Gasteiger partial charge in [0.25, 0.3) is 0 Å². The van der Waals surface area contributed by atoms with Crippen LogP contribution in [0.25, 0.3) is 17.1 Å². The molecule has 1 fully saturated rings. The van der Waals surface area contributed by atoms with Crippen molar-refractivity contribution in [2.24, 2.45) is 4.99 Å². The molecule has 234 valence electrons. The Morgan fingerprint density at radius 1 is 1.11 bits per heavy atom. The van der Waals surface area contributed by atoms with Crippen LogP contribution in [-0.2, 0) is 4.79 Å². The number of urea groups is 1. The molecule has 0 unspecified atom stereocenters. The fourth-order valence-corrected chi connectivity index (χ4v) is 5.08. The number of amidine groups is 1. The van der Waals surface area contributed by atoms with Crippen LogP contribution in [0.4, 0.5) is 39.4 Å². The average molecular weight is 644 g/mol. The minimum atomic E-state index is -4.81. The van der Waals surface area contributed by atoms with Gasteiger partial charge in [0.2, 0.25) is 5.91 Å². The molecular formula is C29H25F4N7O4S. The molecule has 1 aromatic heterocycles. The van der Waals surface area contributed by atoms with Crippen LogP contribution in [0.15, 0.2) is 72.0 Å². The highest BCUT2D eigenvalue weighted by Gasteiger charge is 2.33. The third kappa shape index (κ3) is 7.34. The molecule has 0 bridgehead atoms. The van der Waals surface area contributed by atoms with E-state index in [0.717, 1.165) is 35.6 Å². The van der Waals surface area contributed by atoms with E-state index in [2.05, 4.69) is 25.1 Å². The van der Waals surface area contributed by atoms with Gasteiger partial charge in [-0.1, -0.05) is 11.8 Å². The van der Waals surface area contributed by atoms with Gasteiger partial charge in [-0.05, 0) is 67.6 Å². The molecule has 0 spiro atoms. The second kappa shape index (κ2) is 12.9. The van der Waals surface area contributed by atoms with Crippen LogP contribution in [0, 0.1) is 5.82 Å². The predicted molar refractivity (Wildman–Crippen MR) is 162 cm³/mol. The van der Waals surface area contributed by atoms with Crippen molar-refractivity contribution in [3.8, 4) is 28.6 Å². The summed E-state index contributed by atoms with van der Waals surface area (Å²) in [5, 5.41) is 6.75. The van der Waals surface area contributed by atoms with Crippen molar-refractivity contribution in [2.75, 3.05) is 41.6 Å². The average Bonchev–Trinajstić information content (AvgIpc) is 3.61. The lowest BCUT2D eigenvalue weighted by Crippen LogP contribution is -2.31. The summed E-state index contributed by atoms with van der Waals surface area (Å²) in [6.45, 7) is 2.17. The van der Waals surface area contributed by atoms with Gasteiger partial charge < -0.3 is 19.7 Å². The first kappa shape index (κ1) is 31.3. The van der Waals surface area contributed by atoms with E-state index >= 15 is 4.39 Å². The van der Waals surface area contributed by atoms with E-state index in [0.29, 0.717) is 23.7 Å².